The number of ether oxygens (including phenoxy) is 2. The SMILES string of the molecule is CCCn1c(SCC(=O)Nc2ccc3c(c2)OCO3)nnc1C(C)C. The highest BCUT2D eigenvalue weighted by Gasteiger charge is 2.17. The molecule has 0 bridgehead atoms. The Kier molecular flexibility index (Phi) is 5.47. The molecule has 1 aliphatic rings. The molecular weight excluding hydrogens is 340 g/mol. The van der Waals surface area contributed by atoms with E-state index in [0.29, 0.717) is 23.1 Å². The van der Waals surface area contributed by atoms with Crippen molar-refractivity contribution >= 4 is 23.4 Å². The molecule has 2 aromatic rings. The molecule has 0 unspecified atom stereocenters. The summed E-state index contributed by atoms with van der Waals surface area (Å²) in [6.07, 6.45) is 0.995. The monoisotopic (exact) mass is 362 g/mol. The summed E-state index contributed by atoms with van der Waals surface area (Å²) in [5, 5.41) is 12.2. The first-order chi connectivity index (χ1) is 12.1. The van der Waals surface area contributed by atoms with Crippen LogP contribution >= 0.6 is 11.8 Å². The Morgan fingerprint density at radius 2 is 2.12 bits per heavy atom. The fourth-order valence-corrected chi connectivity index (χ4v) is 3.34. The highest BCUT2D eigenvalue weighted by atomic mass is 32.2. The van der Waals surface area contributed by atoms with Crippen molar-refractivity contribution in [1.82, 2.24) is 14.8 Å². The van der Waals surface area contributed by atoms with Gasteiger partial charge < -0.3 is 19.4 Å². The Balaban J connectivity index is 1.61. The molecule has 7 nitrogen and oxygen atoms in total. The van der Waals surface area contributed by atoms with Gasteiger partial charge in [0.05, 0.1) is 5.75 Å². The summed E-state index contributed by atoms with van der Waals surface area (Å²) in [6.45, 7) is 7.37. The van der Waals surface area contributed by atoms with E-state index in [9.17, 15) is 4.79 Å². The Bertz CT molecular complexity index is 760. The first-order valence-electron chi connectivity index (χ1n) is 8.34. The van der Waals surface area contributed by atoms with Gasteiger partial charge in [-0.15, -0.1) is 10.2 Å². The molecule has 0 saturated carbocycles. The van der Waals surface area contributed by atoms with Gasteiger partial charge in [0.2, 0.25) is 12.7 Å². The van der Waals surface area contributed by atoms with Crippen LogP contribution < -0.4 is 14.8 Å². The van der Waals surface area contributed by atoms with E-state index in [0.717, 1.165) is 23.9 Å². The van der Waals surface area contributed by atoms with E-state index in [-0.39, 0.29) is 18.5 Å². The van der Waals surface area contributed by atoms with Gasteiger partial charge in [-0.05, 0) is 18.6 Å². The topological polar surface area (TPSA) is 78.3 Å². The third-order valence-electron chi connectivity index (χ3n) is 3.70. The number of aromatic nitrogens is 3. The Hall–Kier alpha value is -2.22. The molecule has 0 radical (unpaired) electrons. The number of amides is 1. The molecule has 3 rings (SSSR count). The van der Waals surface area contributed by atoms with Gasteiger partial charge in [0, 0.05) is 24.2 Å². The van der Waals surface area contributed by atoms with Crippen LogP contribution in [0.3, 0.4) is 0 Å². The Morgan fingerprint density at radius 3 is 2.88 bits per heavy atom. The number of benzene rings is 1. The van der Waals surface area contributed by atoms with Gasteiger partial charge in [0.1, 0.15) is 5.82 Å². The molecule has 8 heteroatoms. The second kappa shape index (κ2) is 7.77. The molecule has 2 heterocycles. The van der Waals surface area contributed by atoms with Crippen LogP contribution in [-0.4, -0.2) is 33.2 Å². The van der Waals surface area contributed by atoms with Crippen molar-refractivity contribution in [3.63, 3.8) is 0 Å². The average molecular weight is 362 g/mol. The van der Waals surface area contributed by atoms with Crippen molar-refractivity contribution < 1.29 is 14.3 Å². The van der Waals surface area contributed by atoms with Gasteiger partial charge in [-0.1, -0.05) is 32.5 Å². The van der Waals surface area contributed by atoms with Crippen LogP contribution in [0, 0.1) is 0 Å². The smallest absolute Gasteiger partial charge is 0.234 e. The maximum atomic E-state index is 12.2. The zero-order valence-corrected chi connectivity index (χ0v) is 15.4. The summed E-state index contributed by atoms with van der Waals surface area (Å²) in [5.74, 6) is 2.78. The second-order valence-electron chi connectivity index (χ2n) is 6.05. The van der Waals surface area contributed by atoms with Gasteiger partial charge in [-0.2, -0.15) is 0 Å². The third-order valence-corrected chi connectivity index (χ3v) is 4.66. The van der Waals surface area contributed by atoms with Crippen molar-refractivity contribution in [2.75, 3.05) is 17.9 Å². The van der Waals surface area contributed by atoms with E-state index in [1.54, 1.807) is 18.2 Å². The number of carbonyl (C=O) groups excluding carboxylic acids is 1. The number of hydrogen-bond acceptors (Lipinski definition) is 6. The van der Waals surface area contributed by atoms with E-state index >= 15 is 0 Å². The molecular formula is C17H22N4O3S. The van der Waals surface area contributed by atoms with Crippen molar-refractivity contribution in [3.05, 3.63) is 24.0 Å². The zero-order chi connectivity index (χ0) is 17.8. The van der Waals surface area contributed by atoms with Crippen LogP contribution in [0.5, 0.6) is 11.5 Å². The number of nitrogens with one attached hydrogen (secondary N) is 1. The highest BCUT2D eigenvalue weighted by molar-refractivity contribution is 7.99. The minimum Gasteiger partial charge on any atom is -0.454 e. The van der Waals surface area contributed by atoms with Crippen LogP contribution in [0.1, 0.15) is 38.9 Å². The summed E-state index contributed by atoms with van der Waals surface area (Å²) >= 11 is 1.40. The fraction of sp³-hybridized carbons (Fsp3) is 0.471. The Labute approximate surface area is 151 Å². The number of carbonyl (C=O) groups is 1. The quantitative estimate of drug-likeness (QED) is 0.762. The summed E-state index contributed by atoms with van der Waals surface area (Å²) in [4.78, 5) is 12.2. The number of fused-ring (bicyclic) bond motifs is 1. The lowest BCUT2D eigenvalue weighted by atomic mass is 10.2. The molecule has 1 aromatic carbocycles. The minimum atomic E-state index is -0.0963. The van der Waals surface area contributed by atoms with Crippen molar-refractivity contribution in [3.8, 4) is 11.5 Å². The normalized spacial score (nSPS) is 12.6. The first-order valence-corrected chi connectivity index (χ1v) is 9.32. The van der Waals surface area contributed by atoms with E-state index < -0.39 is 0 Å². The van der Waals surface area contributed by atoms with Gasteiger partial charge in [-0.25, -0.2) is 0 Å². The van der Waals surface area contributed by atoms with Gasteiger partial charge in [-0.3, -0.25) is 4.79 Å². The van der Waals surface area contributed by atoms with Crippen LogP contribution in [0.2, 0.25) is 0 Å². The summed E-state index contributed by atoms with van der Waals surface area (Å²) in [7, 11) is 0. The summed E-state index contributed by atoms with van der Waals surface area (Å²) in [5.41, 5.74) is 0.688. The van der Waals surface area contributed by atoms with Crippen molar-refractivity contribution in [2.45, 2.75) is 44.8 Å². The average Bonchev–Trinajstić information content (AvgIpc) is 3.19. The zero-order valence-electron chi connectivity index (χ0n) is 14.6. The van der Waals surface area contributed by atoms with E-state index in [2.05, 4.69) is 40.9 Å². The number of hydrogen-bond donors (Lipinski definition) is 1. The minimum absolute atomic E-state index is 0.0963. The van der Waals surface area contributed by atoms with Crippen LogP contribution in [0.4, 0.5) is 5.69 Å². The molecule has 134 valence electrons. The molecule has 0 atom stereocenters. The molecule has 1 amide bonds. The van der Waals surface area contributed by atoms with Crippen molar-refractivity contribution in [1.29, 1.82) is 0 Å². The summed E-state index contributed by atoms with van der Waals surface area (Å²) in [6, 6.07) is 5.35. The van der Waals surface area contributed by atoms with Crippen LogP contribution in [0.25, 0.3) is 0 Å². The lowest BCUT2D eigenvalue weighted by molar-refractivity contribution is -0.113. The third kappa shape index (κ3) is 4.07. The maximum absolute atomic E-state index is 12.2. The molecule has 25 heavy (non-hydrogen) atoms. The van der Waals surface area contributed by atoms with E-state index in [4.69, 9.17) is 9.47 Å². The van der Waals surface area contributed by atoms with E-state index in [1.807, 2.05) is 0 Å². The van der Waals surface area contributed by atoms with Gasteiger partial charge >= 0.3 is 0 Å². The van der Waals surface area contributed by atoms with E-state index in [1.165, 1.54) is 11.8 Å². The predicted molar refractivity (Wildman–Crippen MR) is 96.3 cm³/mol. The molecule has 1 aliphatic heterocycles. The molecule has 0 fully saturated rings. The predicted octanol–water partition coefficient (Wildman–Crippen LogP) is 3.27. The molecule has 0 saturated heterocycles. The molecule has 1 N–H and O–H groups in total. The maximum Gasteiger partial charge on any atom is 0.234 e. The fourth-order valence-electron chi connectivity index (χ4n) is 2.57. The number of rotatable bonds is 7. The molecule has 1 aromatic heterocycles. The standard InChI is InChI=1S/C17H22N4O3S/c1-4-7-21-16(11(2)3)19-20-17(21)25-9-15(22)18-12-5-6-13-14(8-12)24-10-23-13/h5-6,8,11H,4,7,9-10H2,1-3H3,(H,18,22). The number of nitrogens with zero attached hydrogens (tertiary/aromatic N) is 3. The lowest BCUT2D eigenvalue weighted by Crippen LogP contribution is -2.15. The van der Waals surface area contributed by atoms with Gasteiger partial charge in [0.15, 0.2) is 16.7 Å². The van der Waals surface area contributed by atoms with Gasteiger partial charge in [0.25, 0.3) is 0 Å². The highest BCUT2D eigenvalue weighted by Crippen LogP contribution is 2.34. The molecule has 0 aliphatic carbocycles. The van der Waals surface area contributed by atoms with Crippen LogP contribution in [-0.2, 0) is 11.3 Å². The largest absolute Gasteiger partial charge is 0.454 e. The Morgan fingerprint density at radius 1 is 1.32 bits per heavy atom. The summed E-state index contributed by atoms with van der Waals surface area (Å²) < 4.78 is 12.7. The van der Waals surface area contributed by atoms with Crippen molar-refractivity contribution in [2.24, 2.45) is 0 Å². The number of anilines is 1. The first kappa shape index (κ1) is 17.6. The van der Waals surface area contributed by atoms with Crippen LogP contribution in [0.15, 0.2) is 23.4 Å². The lowest BCUT2D eigenvalue weighted by Gasteiger charge is -2.10. The molecule has 0 spiro atoms. The number of thioether (sulfide) groups is 1. The second-order valence-corrected chi connectivity index (χ2v) is 6.99.